The van der Waals surface area contributed by atoms with Crippen molar-refractivity contribution >= 4 is 5.91 Å². The molecule has 2 aromatic rings. The zero-order chi connectivity index (χ0) is 26.1. The largest absolute Gasteiger partial charge is 0.493 e. The minimum absolute atomic E-state index is 0.0666. The summed E-state index contributed by atoms with van der Waals surface area (Å²) in [6.45, 7) is 13.9. The van der Waals surface area contributed by atoms with Crippen LogP contribution in [0.25, 0.3) is 0 Å². The van der Waals surface area contributed by atoms with Gasteiger partial charge in [0.05, 0.1) is 12.7 Å². The number of aromatic nitrogens is 1. The van der Waals surface area contributed by atoms with Crippen LogP contribution >= 0.6 is 0 Å². The van der Waals surface area contributed by atoms with Gasteiger partial charge in [0.25, 0.3) is 5.91 Å². The second-order valence-corrected chi connectivity index (χ2v) is 11.1. The van der Waals surface area contributed by atoms with Gasteiger partial charge in [-0.05, 0) is 80.8 Å². The molecule has 4 atom stereocenters. The van der Waals surface area contributed by atoms with Crippen molar-refractivity contribution in [2.45, 2.75) is 77.6 Å². The van der Waals surface area contributed by atoms with Gasteiger partial charge in [0.2, 0.25) is 0 Å². The van der Waals surface area contributed by atoms with E-state index in [1.165, 1.54) is 16.7 Å². The maximum atomic E-state index is 13.1. The fourth-order valence-corrected chi connectivity index (χ4v) is 6.42. The molecule has 7 heteroatoms. The number of ether oxygens (including phenoxy) is 1. The quantitative estimate of drug-likeness (QED) is 0.523. The Kier molecular flexibility index (Phi) is 7.84. The van der Waals surface area contributed by atoms with E-state index in [0.29, 0.717) is 24.4 Å². The van der Waals surface area contributed by atoms with E-state index in [2.05, 4.69) is 54.6 Å². The van der Waals surface area contributed by atoms with Crippen LogP contribution in [0.4, 0.5) is 0 Å². The third-order valence-electron chi connectivity index (χ3n) is 8.85. The number of nitrogens with zero attached hydrogens (tertiary/aromatic N) is 4. The average Bonchev–Trinajstić information content (AvgIpc) is 3.64. The van der Waals surface area contributed by atoms with Gasteiger partial charge in [0.1, 0.15) is 11.4 Å². The molecule has 3 aliphatic heterocycles. The normalized spacial score (nSPS) is 24.7. The molecule has 0 unspecified atom stereocenters. The van der Waals surface area contributed by atoms with Crippen LogP contribution in [0.2, 0.25) is 0 Å². The number of aryl methyl sites for hydroxylation is 1. The van der Waals surface area contributed by atoms with Crippen molar-refractivity contribution in [3.8, 4) is 5.75 Å². The first-order valence-electron chi connectivity index (χ1n) is 14.0. The number of aliphatic hydroxyl groups is 1. The number of rotatable bonds is 9. The number of carbonyl (C=O) groups excluding carboxylic acids is 1. The van der Waals surface area contributed by atoms with E-state index in [9.17, 15) is 9.90 Å². The van der Waals surface area contributed by atoms with Crippen LogP contribution in [-0.4, -0.2) is 88.2 Å². The van der Waals surface area contributed by atoms with Gasteiger partial charge in [-0.2, -0.15) is 0 Å². The molecule has 3 aliphatic rings. The molecule has 37 heavy (non-hydrogen) atoms. The molecule has 3 fully saturated rings. The molecule has 1 aromatic carbocycles. The van der Waals surface area contributed by atoms with E-state index >= 15 is 0 Å². The SMILES string of the molecule is CCc1ccc(C(=O)N2C[C@H]3C[C@@H]2CN3[C@@H](C)c2ccc(OCCCN3CC[C@@H](O)C3)c(C)c2C)nc1. The first-order chi connectivity index (χ1) is 17.9. The summed E-state index contributed by atoms with van der Waals surface area (Å²) < 4.78 is 6.16. The molecule has 3 saturated heterocycles. The maximum Gasteiger partial charge on any atom is 0.272 e. The van der Waals surface area contributed by atoms with Gasteiger partial charge in [-0.15, -0.1) is 0 Å². The molecule has 200 valence electrons. The number of amides is 1. The molecular formula is C30H42N4O3. The van der Waals surface area contributed by atoms with Crippen molar-refractivity contribution in [2.24, 2.45) is 0 Å². The third kappa shape index (κ3) is 5.40. The summed E-state index contributed by atoms with van der Waals surface area (Å²) in [4.78, 5) is 24.5. The molecule has 1 aromatic heterocycles. The summed E-state index contributed by atoms with van der Waals surface area (Å²) in [6, 6.07) is 9.19. The molecule has 0 spiro atoms. The Morgan fingerprint density at radius 2 is 1.97 bits per heavy atom. The van der Waals surface area contributed by atoms with Crippen molar-refractivity contribution in [2.75, 3.05) is 39.3 Å². The Labute approximate surface area is 221 Å². The van der Waals surface area contributed by atoms with E-state index in [-0.39, 0.29) is 18.1 Å². The van der Waals surface area contributed by atoms with Gasteiger partial charge in [0.15, 0.2) is 0 Å². The summed E-state index contributed by atoms with van der Waals surface area (Å²) in [6.07, 6.45) is 5.48. The van der Waals surface area contributed by atoms with E-state index in [0.717, 1.165) is 69.7 Å². The molecule has 4 heterocycles. The first-order valence-corrected chi connectivity index (χ1v) is 14.0. The smallest absolute Gasteiger partial charge is 0.272 e. The number of aliphatic hydroxyl groups excluding tert-OH is 1. The lowest BCUT2D eigenvalue weighted by atomic mass is 9.96. The summed E-state index contributed by atoms with van der Waals surface area (Å²) in [7, 11) is 0. The fourth-order valence-electron chi connectivity index (χ4n) is 6.42. The highest BCUT2D eigenvalue weighted by atomic mass is 16.5. The predicted molar refractivity (Wildman–Crippen MR) is 145 cm³/mol. The second kappa shape index (κ2) is 11.1. The number of piperazine rings is 1. The standard InChI is InChI=1S/C30H42N4O3/c1-5-23-7-9-28(31-16-23)30(36)34-18-24-15-25(34)17-33(24)22(4)27-8-10-29(21(3)20(27)2)37-14-6-12-32-13-11-26(35)19-32/h7-10,16,22,24-26,35H,5-6,11-15,17-19H2,1-4H3/t22-,24+,25+,26+/m0/s1. The highest BCUT2D eigenvalue weighted by molar-refractivity contribution is 5.93. The number of carbonyl (C=O) groups is 1. The molecule has 0 saturated carbocycles. The van der Waals surface area contributed by atoms with Crippen LogP contribution in [0.1, 0.15) is 71.9 Å². The lowest BCUT2D eigenvalue weighted by Crippen LogP contribution is -2.49. The van der Waals surface area contributed by atoms with Crippen LogP contribution in [0.15, 0.2) is 30.5 Å². The van der Waals surface area contributed by atoms with Crippen molar-refractivity contribution in [3.63, 3.8) is 0 Å². The Morgan fingerprint density at radius 3 is 2.62 bits per heavy atom. The first kappa shape index (κ1) is 26.1. The zero-order valence-corrected chi connectivity index (χ0v) is 22.8. The number of β-amino-alcohol motifs (C(OH)–C–C–N with tert-alkyl or cyclic N) is 1. The predicted octanol–water partition coefficient (Wildman–Crippen LogP) is 3.76. The number of fused-ring (bicyclic) bond motifs is 2. The lowest BCUT2D eigenvalue weighted by Gasteiger charge is -2.38. The minimum atomic E-state index is -0.162. The molecule has 1 N–H and O–H groups in total. The van der Waals surface area contributed by atoms with Crippen molar-refractivity contribution in [1.82, 2.24) is 19.7 Å². The monoisotopic (exact) mass is 506 g/mol. The van der Waals surface area contributed by atoms with Crippen LogP contribution in [-0.2, 0) is 6.42 Å². The van der Waals surface area contributed by atoms with Crippen molar-refractivity contribution in [3.05, 3.63) is 58.4 Å². The Morgan fingerprint density at radius 1 is 1.14 bits per heavy atom. The Hall–Kier alpha value is -2.48. The molecule has 5 rings (SSSR count). The summed E-state index contributed by atoms with van der Waals surface area (Å²) in [5, 5.41) is 9.69. The number of hydrogen-bond donors (Lipinski definition) is 1. The van der Waals surface area contributed by atoms with Gasteiger partial charge >= 0.3 is 0 Å². The minimum Gasteiger partial charge on any atom is -0.493 e. The van der Waals surface area contributed by atoms with E-state index in [1.807, 2.05) is 23.2 Å². The fraction of sp³-hybridized carbons (Fsp3) is 0.600. The second-order valence-electron chi connectivity index (χ2n) is 11.1. The number of pyridine rings is 1. The third-order valence-corrected chi connectivity index (χ3v) is 8.85. The average molecular weight is 507 g/mol. The van der Waals surface area contributed by atoms with Crippen molar-refractivity contribution in [1.29, 1.82) is 0 Å². The molecule has 1 amide bonds. The number of hydrogen-bond acceptors (Lipinski definition) is 6. The Bertz CT molecular complexity index is 1100. The van der Waals surface area contributed by atoms with Gasteiger partial charge in [-0.25, -0.2) is 0 Å². The van der Waals surface area contributed by atoms with Crippen LogP contribution < -0.4 is 4.74 Å². The molecule has 7 nitrogen and oxygen atoms in total. The summed E-state index contributed by atoms with van der Waals surface area (Å²) in [5.41, 5.74) is 5.57. The van der Waals surface area contributed by atoms with Crippen LogP contribution in [0.3, 0.4) is 0 Å². The summed E-state index contributed by atoms with van der Waals surface area (Å²) in [5.74, 6) is 1.04. The topological polar surface area (TPSA) is 69.1 Å². The highest BCUT2D eigenvalue weighted by Gasteiger charge is 2.47. The highest BCUT2D eigenvalue weighted by Crippen LogP contribution is 2.39. The van der Waals surface area contributed by atoms with E-state index < -0.39 is 0 Å². The van der Waals surface area contributed by atoms with Gasteiger partial charge < -0.3 is 19.6 Å². The summed E-state index contributed by atoms with van der Waals surface area (Å²) >= 11 is 0. The lowest BCUT2D eigenvalue weighted by molar-refractivity contribution is 0.0563. The van der Waals surface area contributed by atoms with Crippen LogP contribution in [0, 0.1) is 13.8 Å². The molecular weight excluding hydrogens is 464 g/mol. The van der Waals surface area contributed by atoms with Gasteiger partial charge in [-0.1, -0.05) is 19.1 Å². The zero-order valence-electron chi connectivity index (χ0n) is 22.8. The van der Waals surface area contributed by atoms with Gasteiger partial charge in [0, 0.05) is 57.0 Å². The number of likely N-dealkylation sites (tertiary alicyclic amines) is 3. The van der Waals surface area contributed by atoms with Gasteiger partial charge in [-0.3, -0.25) is 14.7 Å². The molecule has 0 radical (unpaired) electrons. The van der Waals surface area contributed by atoms with E-state index in [1.54, 1.807) is 0 Å². The van der Waals surface area contributed by atoms with Crippen molar-refractivity contribution < 1.29 is 14.6 Å². The molecule has 2 bridgehead atoms. The van der Waals surface area contributed by atoms with E-state index in [4.69, 9.17) is 4.74 Å². The molecule has 0 aliphatic carbocycles. The maximum absolute atomic E-state index is 13.1. The van der Waals surface area contributed by atoms with Crippen LogP contribution in [0.5, 0.6) is 5.75 Å². The Balaban J connectivity index is 1.16. The number of benzene rings is 1.